The van der Waals surface area contributed by atoms with Crippen LogP contribution in [0.25, 0.3) is 0 Å². The SMILES string of the molecule is CCCCCCC(CCC=C[Si](Cl)(Cl)Cl)CCCCCCCCCCCCCc1[nH]ccc1C. The lowest BCUT2D eigenvalue weighted by Crippen LogP contribution is -2.04. The van der Waals surface area contributed by atoms with E-state index in [9.17, 15) is 0 Å². The molecule has 5 heteroatoms. The van der Waals surface area contributed by atoms with Gasteiger partial charge in [0.2, 0.25) is 0 Å². The number of hydrogen-bond donors (Lipinski definition) is 1. The normalized spacial score (nSPS) is 13.2. The van der Waals surface area contributed by atoms with Gasteiger partial charge in [-0.25, -0.2) is 0 Å². The number of hydrogen-bond acceptors (Lipinski definition) is 0. The number of H-pyrrole nitrogens is 1. The van der Waals surface area contributed by atoms with Crippen molar-refractivity contribution in [1.29, 1.82) is 0 Å². The number of aryl methyl sites for hydroxylation is 2. The first kappa shape index (κ1) is 32.1. The lowest BCUT2D eigenvalue weighted by molar-refractivity contribution is 0.383. The van der Waals surface area contributed by atoms with Gasteiger partial charge in [-0.15, -0.1) is 33.2 Å². The van der Waals surface area contributed by atoms with Gasteiger partial charge in [-0.3, -0.25) is 0 Å². The second kappa shape index (κ2) is 21.2. The predicted octanol–water partition coefficient (Wildman–Crippen LogP) is 11.7. The monoisotopic (exact) mass is 547 g/mol. The van der Waals surface area contributed by atoms with Crippen LogP contribution in [0.1, 0.15) is 140 Å². The molecule has 0 aliphatic heterocycles. The average molecular weight is 549 g/mol. The number of aromatic amines is 1. The predicted molar refractivity (Wildman–Crippen MR) is 159 cm³/mol. The molecule has 198 valence electrons. The molecule has 0 spiro atoms. The first-order valence-corrected chi connectivity index (χ1v) is 19.4. The molecule has 1 unspecified atom stereocenters. The maximum absolute atomic E-state index is 5.96. The van der Waals surface area contributed by atoms with Crippen LogP contribution in [0.5, 0.6) is 0 Å². The minimum atomic E-state index is -2.60. The van der Waals surface area contributed by atoms with E-state index in [-0.39, 0.29) is 0 Å². The van der Waals surface area contributed by atoms with Crippen LogP contribution in [0.3, 0.4) is 0 Å². The molecule has 0 aliphatic rings. The van der Waals surface area contributed by atoms with Crippen LogP contribution in [0, 0.1) is 12.8 Å². The Morgan fingerprint density at radius 3 is 1.79 bits per heavy atom. The molecule has 1 heterocycles. The highest BCUT2D eigenvalue weighted by atomic mass is 35.8. The van der Waals surface area contributed by atoms with E-state index in [2.05, 4.69) is 37.2 Å². The molecule has 34 heavy (non-hydrogen) atoms. The number of nitrogens with one attached hydrogen (secondary N) is 1. The van der Waals surface area contributed by atoms with E-state index in [1.165, 1.54) is 133 Å². The highest BCUT2D eigenvalue weighted by Gasteiger charge is 2.19. The molecule has 0 bridgehead atoms. The number of halogens is 3. The zero-order valence-corrected chi connectivity index (χ0v) is 25.4. The maximum Gasteiger partial charge on any atom is 0.365 e. The van der Waals surface area contributed by atoms with E-state index in [1.54, 1.807) is 0 Å². The molecular weight excluding hydrogens is 497 g/mol. The van der Waals surface area contributed by atoms with Crippen molar-refractivity contribution in [2.75, 3.05) is 0 Å². The average Bonchev–Trinajstić information content (AvgIpc) is 3.20. The van der Waals surface area contributed by atoms with Gasteiger partial charge in [0.25, 0.3) is 0 Å². The fourth-order valence-corrected chi connectivity index (χ4v) is 6.15. The molecule has 0 radical (unpaired) electrons. The van der Waals surface area contributed by atoms with Gasteiger partial charge in [0.1, 0.15) is 0 Å². The Morgan fingerprint density at radius 2 is 1.29 bits per heavy atom. The van der Waals surface area contributed by atoms with E-state index in [4.69, 9.17) is 33.2 Å². The van der Waals surface area contributed by atoms with Gasteiger partial charge < -0.3 is 4.98 Å². The molecular formula is C29H52Cl3NSi. The molecule has 1 atom stereocenters. The van der Waals surface area contributed by atoms with E-state index < -0.39 is 6.00 Å². The quantitative estimate of drug-likeness (QED) is 0.0794. The highest BCUT2D eigenvalue weighted by Crippen LogP contribution is 2.25. The Morgan fingerprint density at radius 1 is 0.765 bits per heavy atom. The van der Waals surface area contributed by atoms with Crippen LogP contribution in [0.2, 0.25) is 0 Å². The second-order valence-electron chi connectivity index (χ2n) is 10.3. The number of allylic oxidation sites excluding steroid dienone is 1. The Bertz CT molecular complexity index is 609. The summed E-state index contributed by atoms with van der Waals surface area (Å²) in [5.41, 5.74) is 4.69. The molecule has 1 aromatic heterocycles. The third kappa shape index (κ3) is 19.3. The summed E-state index contributed by atoms with van der Waals surface area (Å²) in [5.74, 6) is 0.847. The summed E-state index contributed by atoms with van der Waals surface area (Å²) in [5, 5.41) is 0. The summed E-state index contributed by atoms with van der Waals surface area (Å²) in [6.45, 7) is 4.49. The third-order valence-electron chi connectivity index (χ3n) is 7.12. The fourth-order valence-electron chi connectivity index (χ4n) is 4.92. The fraction of sp³-hybridized carbons (Fsp3) is 0.793. The van der Waals surface area contributed by atoms with Crippen LogP contribution in [0.4, 0.5) is 0 Å². The van der Waals surface area contributed by atoms with Crippen LogP contribution >= 0.6 is 33.2 Å². The highest BCUT2D eigenvalue weighted by molar-refractivity contribution is 7.66. The summed E-state index contributed by atoms with van der Waals surface area (Å²) in [7, 11) is 0. The van der Waals surface area contributed by atoms with Crippen molar-refractivity contribution in [1.82, 2.24) is 4.98 Å². The molecule has 0 amide bonds. The van der Waals surface area contributed by atoms with Crippen molar-refractivity contribution < 1.29 is 0 Å². The van der Waals surface area contributed by atoms with Crippen molar-refractivity contribution >= 4 is 39.2 Å². The number of aromatic nitrogens is 1. The van der Waals surface area contributed by atoms with Crippen LogP contribution < -0.4 is 0 Å². The zero-order valence-electron chi connectivity index (χ0n) is 22.2. The minimum absolute atomic E-state index is 0.847. The molecule has 1 N–H and O–H groups in total. The summed E-state index contributed by atoms with van der Waals surface area (Å²) in [6, 6.07) is -0.423. The van der Waals surface area contributed by atoms with Gasteiger partial charge in [0, 0.05) is 11.9 Å². The van der Waals surface area contributed by atoms with Gasteiger partial charge in [0.05, 0.1) is 0 Å². The molecule has 0 saturated carbocycles. The van der Waals surface area contributed by atoms with Crippen LogP contribution in [-0.2, 0) is 6.42 Å². The Hall–Kier alpha value is 0.107. The maximum atomic E-state index is 5.96. The molecule has 1 nitrogen and oxygen atoms in total. The summed E-state index contributed by atoms with van der Waals surface area (Å²) >= 11 is 17.9. The number of unbranched alkanes of at least 4 members (excludes halogenated alkanes) is 13. The first-order chi connectivity index (χ1) is 16.4. The molecule has 0 aromatic carbocycles. The van der Waals surface area contributed by atoms with Crippen molar-refractivity contribution in [3.63, 3.8) is 0 Å². The van der Waals surface area contributed by atoms with Gasteiger partial charge >= 0.3 is 6.00 Å². The van der Waals surface area contributed by atoms with Crippen molar-refractivity contribution in [2.45, 2.75) is 142 Å². The Labute approximate surface area is 226 Å². The standard InChI is InChI=1S/C29H52Cl3NSi/c1-3-4-5-15-20-28(22-18-19-26-34(30,31)32)21-16-13-11-9-7-6-8-10-12-14-17-23-29-27(2)24-25-33-29/h19,24-26,28,33H,3-18,20-23H2,1-2H3. The van der Waals surface area contributed by atoms with Crippen molar-refractivity contribution in [2.24, 2.45) is 5.92 Å². The van der Waals surface area contributed by atoms with Gasteiger partial charge in [0.15, 0.2) is 0 Å². The van der Waals surface area contributed by atoms with Crippen LogP contribution in [-0.4, -0.2) is 11.0 Å². The lowest BCUT2D eigenvalue weighted by Gasteiger charge is -2.16. The zero-order chi connectivity index (χ0) is 24.9. The summed E-state index contributed by atoms with van der Waals surface area (Å²) < 4.78 is 0. The molecule has 1 aromatic rings. The Balaban J connectivity index is 1.99. The summed E-state index contributed by atoms with van der Waals surface area (Å²) in [4.78, 5) is 3.37. The van der Waals surface area contributed by atoms with Crippen molar-refractivity contribution in [3.05, 3.63) is 35.3 Å². The lowest BCUT2D eigenvalue weighted by atomic mass is 9.90. The first-order valence-electron chi connectivity index (χ1n) is 14.3. The minimum Gasteiger partial charge on any atom is -0.365 e. The largest absolute Gasteiger partial charge is 0.365 e. The van der Waals surface area contributed by atoms with Gasteiger partial charge in [-0.2, -0.15) is 0 Å². The number of rotatable bonds is 23. The molecule has 0 saturated heterocycles. The smallest absolute Gasteiger partial charge is 0.365 e. The molecule has 0 aliphatic carbocycles. The van der Waals surface area contributed by atoms with Crippen molar-refractivity contribution in [3.8, 4) is 0 Å². The van der Waals surface area contributed by atoms with Gasteiger partial charge in [-0.05, 0) is 50.2 Å². The topological polar surface area (TPSA) is 15.8 Å². The van der Waals surface area contributed by atoms with E-state index in [0.29, 0.717) is 0 Å². The Kier molecular flexibility index (Phi) is 20.1. The van der Waals surface area contributed by atoms with Crippen LogP contribution in [0.15, 0.2) is 24.0 Å². The molecule has 0 fully saturated rings. The van der Waals surface area contributed by atoms with E-state index in [1.807, 2.05) is 5.70 Å². The van der Waals surface area contributed by atoms with E-state index in [0.717, 1.165) is 12.3 Å². The second-order valence-corrected chi connectivity index (χ2v) is 18.8. The third-order valence-corrected chi connectivity index (χ3v) is 8.87. The van der Waals surface area contributed by atoms with Gasteiger partial charge in [-0.1, -0.05) is 121 Å². The summed E-state index contributed by atoms with van der Waals surface area (Å²) in [6.07, 6.45) is 31.3. The molecule has 1 rings (SSSR count). The van der Waals surface area contributed by atoms with E-state index >= 15 is 0 Å².